The molecule has 3 rings (SSSR count). The highest BCUT2D eigenvalue weighted by molar-refractivity contribution is 7.22. The average Bonchev–Trinajstić information content (AvgIpc) is 3.04. The summed E-state index contributed by atoms with van der Waals surface area (Å²) in [7, 11) is 4.16. The normalized spacial score (nSPS) is 11.3. The van der Waals surface area contributed by atoms with Gasteiger partial charge in [0.2, 0.25) is 0 Å². The number of rotatable bonds is 6. The Balaban J connectivity index is 1.97. The number of nitrogens with zero attached hydrogens (tertiary/aromatic N) is 2. The minimum absolute atomic E-state index is 0.0438. The number of carbonyl (C=O) groups is 1. The number of amides is 1. The van der Waals surface area contributed by atoms with E-state index in [1.54, 1.807) is 40.5 Å². The molecule has 0 fully saturated rings. The van der Waals surface area contributed by atoms with Gasteiger partial charge in [0.05, 0.1) is 37.4 Å². The molecule has 136 valence electrons. The molecule has 6 heteroatoms. The molecule has 0 radical (unpaired) electrons. The van der Waals surface area contributed by atoms with E-state index < -0.39 is 0 Å². The number of nitrogens with one attached hydrogen (secondary N) is 1. The molecule has 26 heavy (non-hydrogen) atoms. The van der Waals surface area contributed by atoms with Crippen LogP contribution in [-0.2, 0) is 6.42 Å². The Morgan fingerprint density at radius 3 is 2.58 bits per heavy atom. The van der Waals surface area contributed by atoms with Gasteiger partial charge in [-0.2, -0.15) is 0 Å². The van der Waals surface area contributed by atoms with Crippen molar-refractivity contribution in [2.75, 3.05) is 32.1 Å². The number of likely N-dealkylation sites (N-methyl/N-ethyl adjacent to an activating group) is 1. The lowest BCUT2D eigenvalue weighted by molar-refractivity contribution is -0.856. The van der Waals surface area contributed by atoms with E-state index in [0.29, 0.717) is 17.1 Å². The summed E-state index contributed by atoms with van der Waals surface area (Å²) in [6, 6.07) is 13.3. The summed E-state index contributed by atoms with van der Waals surface area (Å²) >= 11 is 7.53. The molecule has 0 aliphatic carbocycles. The summed E-state index contributed by atoms with van der Waals surface area (Å²) in [5.74, 6) is -0.0438. The predicted octanol–water partition coefficient (Wildman–Crippen LogP) is 3.30. The minimum atomic E-state index is -0.0438. The van der Waals surface area contributed by atoms with Crippen LogP contribution in [0, 0.1) is 0 Å². The first-order chi connectivity index (χ1) is 12.5. The second-order valence-electron chi connectivity index (χ2n) is 6.57. The smallest absolute Gasteiger partial charge is 0.260 e. The zero-order valence-electron chi connectivity index (χ0n) is 15.3. The van der Waals surface area contributed by atoms with Gasteiger partial charge in [-0.05, 0) is 48.4 Å². The van der Waals surface area contributed by atoms with E-state index in [9.17, 15) is 4.79 Å². The van der Waals surface area contributed by atoms with Gasteiger partial charge in [-0.15, -0.1) is 0 Å². The Bertz CT molecular complexity index is 905. The third-order valence-electron chi connectivity index (χ3n) is 4.25. The first-order valence-corrected chi connectivity index (χ1v) is 9.93. The lowest BCUT2D eigenvalue weighted by Crippen LogP contribution is -3.06. The molecule has 4 nitrogen and oxygen atoms in total. The number of hydrogen-bond acceptors (Lipinski definition) is 3. The highest BCUT2D eigenvalue weighted by Gasteiger charge is 2.22. The second-order valence-corrected chi connectivity index (χ2v) is 8.02. The van der Waals surface area contributed by atoms with E-state index >= 15 is 0 Å². The van der Waals surface area contributed by atoms with E-state index in [1.807, 2.05) is 6.07 Å². The molecular weight excluding hydrogens is 366 g/mol. The average molecular weight is 389 g/mol. The molecule has 0 unspecified atom stereocenters. The Morgan fingerprint density at radius 1 is 1.19 bits per heavy atom. The lowest BCUT2D eigenvalue weighted by Gasteiger charge is -2.20. The van der Waals surface area contributed by atoms with E-state index in [4.69, 9.17) is 16.6 Å². The van der Waals surface area contributed by atoms with Crippen molar-refractivity contribution in [1.29, 1.82) is 0 Å². The third kappa shape index (κ3) is 4.23. The van der Waals surface area contributed by atoms with Crippen molar-refractivity contribution in [3.63, 3.8) is 0 Å². The van der Waals surface area contributed by atoms with Gasteiger partial charge in [0.15, 0.2) is 5.13 Å². The van der Waals surface area contributed by atoms with E-state index in [2.05, 4.69) is 33.2 Å². The molecule has 0 saturated heterocycles. The summed E-state index contributed by atoms with van der Waals surface area (Å²) in [6.07, 6.45) is 0.987. The molecule has 0 saturated carbocycles. The molecule has 0 aliphatic heterocycles. The summed E-state index contributed by atoms with van der Waals surface area (Å²) in [6.45, 7) is 3.60. The van der Waals surface area contributed by atoms with Crippen LogP contribution < -0.4 is 9.80 Å². The second kappa shape index (κ2) is 8.16. The topological polar surface area (TPSA) is 37.6 Å². The third-order valence-corrected chi connectivity index (χ3v) is 5.55. The summed E-state index contributed by atoms with van der Waals surface area (Å²) < 4.78 is 1.12. The lowest BCUT2D eigenvalue weighted by atomic mass is 10.2. The van der Waals surface area contributed by atoms with Crippen LogP contribution in [-0.4, -0.2) is 38.1 Å². The van der Waals surface area contributed by atoms with E-state index in [-0.39, 0.29) is 5.91 Å². The van der Waals surface area contributed by atoms with Gasteiger partial charge in [-0.3, -0.25) is 9.69 Å². The fraction of sp³-hybridized carbons (Fsp3) is 0.300. The molecule has 0 bridgehead atoms. The van der Waals surface area contributed by atoms with Crippen LogP contribution in [0.4, 0.5) is 5.13 Å². The van der Waals surface area contributed by atoms with Gasteiger partial charge in [0, 0.05) is 10.6 Å². The minimum Gasteiger partial charge on any atom is -0.338 e. The molecule has 3 aromatic rings. The van der Waals surface area contributed by atoms with Crippen LogP contribution in [0.3, 0.4) is 0 Å². The van der Waals surface area contributed by atoms with Crippen LogP contribution >= 0.6 is 22.9 Å². The number of halogens is 1. The number of aryl methyl sites for hydroxylation is 1. The number of aromatic nitrogens is 1. The van der Waals surface area contributed by atoms with Crippen molar-refractivity contribution < 1.29 is 9.69 Å². The molecule has 0 atom stereocenters. The van der Waals surface area contributed by atoms with Crippen molar-refractivity contribution in [2.45, 2.75) is 13.3 Å². The Morgan fingerprint density at radius 2 is 1.92 bits per heavy atom. The quantitative estimate of drug-likeness (QED) is 0.703. The fourth-order valence-corrected chi connectivity index (χ4v) is 3.84. The zero-order valence-corrected chi connectivity index (χ0v) is 16.8. The number of fused-ring (bicyclic) bond motifs is 1. The van der Waals surface area contributed by atoms with Crippen LogP contribution in [0.15, 0.2) is 42.5 Å². The summed E-state index contributed by atoms with van der Waals surface area (Å²) in [5.41, 5.74) is 2.84. The molecule has 0 spiro atoms. The molecule has 1 N–H and O–H groups in total. The Kier molecular flexibility index (Phi) is 5.91. The number of carbonyl (C=O) groups excluding carboxylic acids is 1. The Labute approximate surface area is 163 Å². The van der Waals surface area contributed by atoms with Crippen LogP contribution in [0.5, 0.6) is 0 Å². The summed E-state index contributed by atoms with van der Waals surface area (Å²) in [5, 5.41) is 1.37. The first kappa shape index (κ1) is 18.8. The standard InChI is InChI=1S/C20H22ClN3OS/c1-4-14-5-10-17-18(13-14)26-20(22-17)24(12-11-23(2)3)19(25)15-6-8-16(21)9-7-15/h5-10,13H,4,11-12H2,1-3H3/p+1. The molecular formula is C20H23ClN3OS+. The zero-order chi connectivity index (χ0) is 18.7. The number of benzene rings is 2. The monoisotopic (exact) mass is 388 g/mol. The maximum absolute atomic E-state index is 13.1. The van der Waals surface area contributed by atoms with E-state index in [1.165, 1.54) is 10.5 Å². The van der Waals surface area contributed by atoms with Crippen molar-refractivity contribution in [2.24, 2.45) is 0 Å². The summed E-state index contributed by atoms with van der Waals surface area (Å²) in [4.78, 5) is 20.9. The van der Waals surface area contributed by atoms with Crippen LogP contribution in [0.25, 0.3) is 10.2 Å². The van der Waals surface area contributed by atoms with Crippen molar-refractivity contribution in [1.82, 2.24) is 4.98 Å². The molecule has 2 aromatic carbocycles. The highest BCUT2D eigenvalue weighted by Crippen LogP contribution is 2.30. The molecule has 1 amide bonds. The molecule has 0 aliphatic rings. The fourth-order valence-electron chi connectivity index (χ4n) is 2.66. The number of anilines is 1. The number of thiazole rings is 1. The van der Waals surface area contributed by atoms with Gasteiger partial charge >= 0.3 is 0 Å². The van der Waals surface area contributed by atoms with Gasteiger partial charge in [0.1, 0.15) is 0 Å². The van der Waals surface area contributed by atoms with Gasteiger partial charge < -0.3 is 4.90 Å². The molecule has 1 aromatic heterocycles. The van der Waals surface area contributed by atoms with Gasteiger partial charge in [0.25, 0.3) is 5.91 Å². The maximum atomic E-state index is 13.1. The largest absolute Gasteiger partial charge is 0.338 e. The SMILES string of the molecule is CCc1ccc2nc(N(CC[NH+](C)C)C(=O)c3ccc(Cl)cc3)sc2c1. The van der Waals surface area contributed by atoms with Crippen molar-refractivity contribution in [3.05, 3.63) is 58.6 Å². The Hall–Kier alpha value is -1.95. The van der Waals surface area contributed by atoms with Crippen LogP contribution in [0.2, 0.25) is 5.02 Å². The van der Waals surface area contributed by atoms with Crippen molar-refractivity contribution >= 4 is 44.2 Å². The van der Waals surface area contributed by atoms with Gasteiger partial charge in [-0.25, -0.2) is 4.98 Å². The highest BCUT2D eigenvalue weighted by atomic mass is 35.5. The number of hydrogen-bond donors (Lipinski definition) is 1. The number of quaternary nitrogens is 1. The van der Waals surface area contributed by atoms with Gasteiger partial charge in [-0.1, -0.05) is 35.9 Å². The van der Waals surface area contributed by atoms with Crippen molar-refractivity contribution in [3.8, 4) is 0 Å². The first-order valence-electron chi connectivity index (χ1n) is 8.74. The van der Waals surface area contributed by atoms with Crippen LogP contribution in [0.1, 0.15) is 22.8 Å². The molecule has 1 heterocycles. The van der Waals surface area contributed by atoms with E-state index in [0.717, 1.165) is 28.3 Å². The maximum Gasteiger partial charge on any atom is 0.260 e. The predicted molar refractivity (Wildman–Crippen MR) is 110 cm³/mol.